The van der Waals surface area contributed by atoms with Gasteiger partial charge in [0.1, 0.15) is 25.6 Å². The molecular formula is C37H50N4O9. The number of carbonyl (C=O) groups excluding carboxylic acids is 5. The summed E-state index contributed by atoms with van der Waals surface area (Å²) in [4.78, 5) is 64.0. The predicted molar refractivity (Wildman–Crippen MR) is 187 cm³/mol. The third-order valence-corrected chi connectivity index (χ3v) is 7.20. The van der Waals surface area contributed by atoms with Crippen LogP contribution in [0.15, 0.2) is 24.3 Å². The van der Waals surface area contributed by atoms with Crippen LogP contribution in [-0.4, -0.2) is 94.4 Å². The van der Waals surface area contributed by atoms with E-state index in [9.17, 15) is 24.0 Å². The third-order valence-electron chi connectivity index (χ3n) is 7.20. The van der Waals surface area contributed by atoms with Gasteiger partial charge in [-0.25, -0.2) is 0 Å². The van der Waals surface area contributed by atoms with Crippen LogP contribution >= 0.6 is 0 Å². The second kappa shape index (κ2) is 27.0. The lowest BCUT2D eigenvalue weighted by Gasteiger charge is -2.35. The van der Waals surface area contributed by atoms with E-state index in [0.717, 1.165) is 5.56 Å². The maximum Gasteiger partial charge on any atom is 0.311 e. The molecule has 1 aromatic carbocycles. The van der Waals surface area contributed by atoms with Crippen LogP contribution in [0.1, 0.15) is 63.4 Å². The average Bonchev–Trinajstić information content (AvgIpc) is 3.09. The molecule has 4 amide bonds. The monoisotopic (exact) mass is 694 g/mol. The number of rotatable bonds is 27. The summed E-state index contributed by atoms with van der Waals surface area (Å²) in [5.41, 5.74) is -0.0968. The molecule has 0 spiro atoms. The standard InChI is InChI=1S/C37H50N4O9/c1-5-24-47-27-21-38-32(42)15-18-37(19-16-33(43)39-22-28-48-25-6-2,20-17-34(44)40-23-29-49-26-7-3)41-35(45)9-8-10-36(46)50-31-13-11-30(4)12-14-31/h1-3,11-14H,8-10,15-29H2,4H3,(H,38,42)(H,39,43)(H,40,44)(H,41,45). The second-order valence-corrected chi connectivity index (χ2v) is 11.3. The highest BCUT2D eigenvalue weighted by atomic mass is 16.5. The largest absolute Gasteiger partial charge is 0.427 e. The van der Waals surface area contributed by atoms with E-state index in [0.29, 0.717) is 5.75 Å². The Bertz CT molecular complexity index is 1230. The molecule has 0 radical (unpaired) electrons. The van der Waals surface area contributed by atoms with Gasteiger partial charge >= 0.3 is 5.97 Å². The van der Waals surface area contributed by atoms with Crippen molar-refractivity contribution in [3.05, 3.63) is 29.8 Å². The number of hydrogen-bond donors (Lipinski definition) is 4. The molecule has 0 aromatic heterocycles. The number of esters is 1. The van der Waals surface area contributed by atoms with Gasteiger partial charge < -0.3 is 40.2 Å². The highest BCUT2D eigenvalue weighted by Crippen LogP contribution is 2.27. The second-order valence-electron chi connectivity index (χ2n) is 11.3. The lowest BCUT2D eigenvalue weighted by Crippen LogP contribution is -2.50. The van der Waals surface area contributed by atoms with Crippen LogP contribution < -0.4 is 26.0 Å². The Morgan fingerprint density at radius 3 is 1.44 bits per heavy atom. The Kier molecular flexibility index (Phi) is 23.3. The average molecular weight is 695 g/mol. The molecule has 0 heterocycles. The lowest BCUT2D eigenvalue weighted by atomic mass is 9.83. The third kappa shape index (κ3) is 21.9. The van der Waals surface area contributed by atoms with E-state index in [2.05, 4.69) is 39.0 Å². The zero-order valence-corrected chi connectivity index (χ0v) is 28.9. The lowest BCUT2D eigenvalue weighted by molar-refractivity contribution is -0.135. The van der Waals surface area contributed by atoms with Gasteiger partial charge in [0.05, 0.1) is 19.8 Å². The number of aryl methyl sites for hydroxylation is 1. The number of nitrogens with one attached hydrogen (secondary N) is 4. The van der Waals surface area contributed by atoms with Crippen LogP contribution in [0.2, 0.25) is 0 Å². The Morgan fingerprint density at radius 1 is 0.620 bits per heavy atom. The summed E-state index contributed by atoms with van der Waals surface area (Å²) in [7, 11) is 0. The number of carbonyl (C=O) groups is 5. The molecule has 50 heavy (non-hydrogen) atoms. The van der Waals surface area contributed by atoms with Gasteiger partial charge in [-0.2, -0.15) is 0 Å². The maximum atomic E-state index is 13.3. The van der Waals surface area contributed by atoms with Crippen LogP contribution in [0.3, 0.4) is 0 Å². The van der Waals surface area contributed by atoms with E-state index in [4.69, 9.17) is 38.2 Å². The summed E-state index contributed by atoms with van der Waals surface area (Å²) >= 11 is 0. The minimum absolute atomic E-state index is 0.00719. The molecule has 1 rings (SSSR count). The van der Waals surface area contributed by atoms with Crippen molar-refractivity contribution in [2.24, 2.45) is 0 Å². The van der Waals surface area contributed by atoms with E-state index >= 15 is 0 Å². The number of ether oxygens (including phenoxy) is 4. The molecule has 0 bridgehead atoms. The van der Waals surface area contributed by atoms with E-state index in [1.54, 1.807) is 12.1 Å². The number of terminal acetylenes is 3. The fraction of sp³-hybridized carbons (Fsp3) is 0.541. The summed E-state index contributed by atoms with van der Waals surface area (Å²) in [6.45, 7) is 3.62. The molecule has 13 nitrogen and oxygen atoms in total. The quantitative estimate of drug-likeness (QED) is 0.0462. The molecule has 0 aliphatic carbocycles. The van der Waals surface area contributed by atoms with Gasteiger partial charge in [-0.1, -0.05) is 35.5 Å². The molecule has 0 saturated heterocycles. The molecule has 0 aliphatic rings. The van der Waals surface area contributed by atoms with Crippen molar-refractivity contribution in [1.29, 1.82) is 0 Å². The van der Waals surface area contributed by atoms with Gasteiger partial charge in [-0.05, 0) is 44.7 Å². The minimum Gasteiger partial charge on any atom is -0.427 e. The van der Waals surface area contributed by atoms with E-state index in [-0.39, 0.29) is 135 Å². The van der Waals surface area contributed by atoms with Crippen molar-refractivity contribution in [3.8, 4) is 42.8 Å². The van der Waals surface area contributed by atoms with Crippen LogP contribution in [0, 0.1) is 44.0 Å². The highest BCUT2D eigenvalue weighted by Gasteiger charge is 2.33. The fourth-order valence-corrected chi connectivity index (χ4v) is 4.61. The molecule has 13 heteroatoms. The van der Waals surface area contributed by atoms with Gasteiger partial charge in [0, 0.05) is 57.3 Å². The molecule has 0 saturated carbocycles. The van der Waals surface area contributed by atoms with Crippen molar-refractivity contribution in [1.82, 2.24) is 21.3 Å². The Balaban J connectivity index is 3.00. The summed E-state index contributed by atoms with van der Waals surface area (Å²) in [5.74, 6) is 5.64. The van der Waals surface area contributed by atoms with E-state index in [1.807, 2.05) is 19.1 Å². The number of benzene rings is 1. The van der Waals surface area contributed by atoms with Gasteiger partial charge in [0.25, 0.3) is 0 Å². The topological polar surface area (TPSA) is 170 Å². The van der Waals surface area contributed by atoms with Crippen LogP contribution in [0.5, 0.6) is 5.75 Å². The molecule has 272 valence electrons. The van der Waals surface area contributed by atoms with Crippen molar-refractivity contribution in [2.75, 3.05) is 59.3 Å². The van der Waals surface area contributed by atoms with E-state index < -0.39 is 17.4 Å². The molecule has 0 unspecified atom stereocenters. The van der Waals surface area contributed by atoms with Crippen LogP contribution in [0.4, 0.5) is 0 Å². The molecule has 4 N–H and O–H groups in total. The van der Waals surface area contributed by atoms with Gasteiger partial charge in [0.15, 0.2) is 0 Å². The molecule has 0 atom stereocenters. The van der Waals surface area contributed by atoms with Crippen molar-refractivity contribution < 1.29 is 42.9 Å². The Labute approximate surface area is 295 Å². The smallest absolute Gasteiger partial charge is 0.311 e. The summed E-state index contributed by atoms with van der Waals surface area (Å²) in [5, 5.41) is 11.2. The molecule has 1 aromatic rings. The summed E-state index contributed by atoms with van der Waals surface area (Å²) in [6, 6.07) is 7.03. The van der Waals surface area contributed by atoms with Crippen LogP contribution in [-0.2, 0) is 38.2 Å². The first kappa shape index (κ1) is 43.2. The zero-order valence-electron chi connectivity index (χ0n) is 28.9. The zero-order chi connectivity index (χ0) is 36.9. The highest BCUT2D eigenvalue weighted by molar-refractivity contribution is 5.80. The Morgan fingerprint density at radius 2 is 1.04 bits per heavy atom. The van der Waals surface area contributed by atoms with Crippen LogP contribution in [0.25, 0.3) is 0 Å². The minimum atomic E-state index is -1.12. The predicted octanol–water partition coefficient (Wildman–Crippen LogP) is 1.56. The fourth-order valence-electron chi connectivity index (χ4n) is 4.61. The van der Waals surface area contributed by atoms with E-state index in [1.165, 1.54) is 0 Å². The molecular weight excluding hydrogens is 644 g/mol. The number of amides is 4. The SMILES string of the molecule is C#CCOCCNC(=O)CCC(CCC(=O)NCCOCC#C)(CCC(=O)NCCOCC#C)NC(=O)CCCC(=O)Oc1ccc(C)cc1. The van der Waals surface area contributed by atoms with Crippen molar-refractivity contribution in [3.63, 3.8) is 0 Å². The molecule has 0 fully saturated rings. The van der Waals surface area contributed by atoms with Gasteiger partial charge in [-0.15, -0.1) is 19.3 Å². The Hall–Kier alpha value is -4.87. The van der Waals surface area contributed by atoms with Gasteiger partial charge in [0.2, 0.25) is 23.6 Å². The van der Waals surface area contributed by atoms with Crippen molar-refractivity contribution in [2.45, 2.75) is 70.3 Å². The first-order valence-corrected chi connectivity index (χ1v) is 16.5. The normalized spacial score (nSPS) is 10.5. The maximum absolute atomic E-state index is 13.3. The van der Waals surface area contributed by atoms with Gasteiger partial charge in [-0.3, -0.25) is 24.0 Å². The van der Waals surface area contributed by atoms with Crippen molar-refractivity contribution >= 4 is 29.6 Å². The first-order valence-electron chi connectivity index (χ1n) is 16.5. The summed E-state index contributed by atoms with van der Waals surface area (Å²) in [6.07, 6.45) is 16.0. The molecule has 0 aliphatic heterocycles. The summed E-state index contributed by atoms with van der Waals surface area (Å²) < 4.78 is 20.9. The number of hydrogen-bond acceptors (Lipinski definition) is 9. The first-order chi connectivity index (χ1) is 24.1.